The molecule has 19 heavy (non-hydrogen) atoms. The number of amides is 1. The van der Waals surface area contributed by atoms with Crippen molar-refractivity contribution >= 4 is 22.5 Å². The van der Waals surface area contributed by atoms with E-state index in [0.29, 0.717) is 24.2 Å². The fraction of sp³-hybridized carbons (Fsp3) is 0.429. The van der Waals surface area contributed by atoms with E-state index in [0.717, 1.165) is 0 Å². The number of hydrogen-bond donors (Lipinski definition) is 0. The molecule has 0 heterocycles. The minimum atomic E-state index is -1.19. The first-order valence-corrected chi connectivity index (χ1v) is 7.63. The minimum Gasteiger partial charge on any atom is -0.348 e. The smallest absolute Gasteiger partial charge is 0.234 e. The Labute approximate surface area is 116 Å². The van der Waals surface area contributed by atoms with Crippen LogP contribution in [0, 0.1) is 0 Å². The predicted octanol–water partition coefficient (Wildman–Crippen LogP) is 1.49. The van der Waals surface area contributed by atoms with Gasteiger partial charge in [-0.2, -0.15) is 0 Å². The lowest BCUT2D eigenvalue weighted by atomic mass is 10.1. The van der Waals surface area contributed by atoms with Gasteiger partial charge in [0.1, 0.15) is 5.75 Å². The summed E-state index contributed by atoms with van der Waals surface area (Å²) in [5.74, 6) is 0.328. The monoisotopic (exact) mass is 281 g/mol. The molecular formula is C14H19NO3S. The quantitative estimate of drug-likeness (QED) is 0.711. The van der Waals surface area contributed by atoms with Crippen LogP contribution in [0.3, 0.4) is 0 Å². The Morgan fingerprint density at radius 1 is 1.16 bits per heavy atom. The molecule has 0 aliphatic carbocycles. The third-order valence-electron chi connectivity index (χ3n) is 2.65. The van der Waals surface area contributed by atoms with Gasteiger partial charge in [-0.05, 0) is 6.42 Å². The zero-order valence-corrected chi connectivity index (χ0v) is 12.1. The normalized spacial score (nSPS) is 11.9. The standard InChI is InChI=1S/C14H19NO3S/c1-15(2)14(17)11-19(18)10-6-9-13(16)12-7-4-3-5-8-12/h3-5,7-8H,6,9-11H2,1-2H3. The van der Waals surface area contributed by atoms with Crippen molar-refractivity contribution in [1.82, 2.24) is 4.90 Å². The summed E-state index contributed by atoms with van der Waals surface area (Å²) in [7, 11) is 2.09. The largest absolute Gasteiger partial charge is 0.348 e. The molecule has 0 aliphatic heterocycles. The SMILES string of the molecule is CN(C)C(=O)CS(=O)CCCC(=O)c1ccccc1. The number of nitrogens with zero attached hydrogens (tertiary/aromatic N) is 1. The number of Topliss-reactive ketones (excluding diaryl/α,β-unsaturated/α-hetero) is 1. The highest BCUT2D eigenvalue weighted by atomic mass is 32.2. The van der Waals surface area contributed by atoms with Crippen molar-refractivity contribution in [3.05, 3.63) is 35.9 Å². The molecule has 0 aliphatic rings. The van der Waals surface area contributed by atoms with Crippen molar-refractivity contribution in [2.24, 2.45) is 0 Å². The Morgan fingerprint density at radius 2 is 1.79 bits per heavy atom. The fourth-order valence-electron chi connectivity index (χ4n) is 1.50. The second kappa shape index (κ2) is 7.84. The molecule has 0 aromatic heterocycles. The molecule has 1 aromatic carbocycles. The molecule has 0 fully saturated rings. The van der Waals surface area contributed by atoms with Crippen LogP contribution in [0.4, 0.5) is 0 Å². The van der Waals surface area contributed by atoms with Gasteiger partial charge in [0.05, 0.1) is 0 Å². The Morgan fingerprint density at radius 3 is 2.37 bits per heavy atom. The molecule has 1 atom stereocenters. The molecule has 104 valence electrons. The maximum Gasteiger partial charge on any atom is 0.234 e. The summed E-state index contributed by atoms with van der Waals surface area (Å²) < 4.78 is 11.6. The Hall–Kier alpha value is -1.49. The summed E-state index contributed by atoms with van der Waals surface area (Å²) in [5, 5.41) is 0. The first-order chi connectivity index (χ1) is 9.00. The topological polar surface area (TPSA) is 54.5 Å². The first kappa shape index (κ1) is 15.6. The number of hydrogen-bond acceptors (Lipinski definition) is 3. The number of benzene rings is 1. The molecule has 0 bridgehead atoms. The van der Waals surface area contributed by atoms with E-state index in [4.69, 9.17) is 0 Å². The van der Waals surface area contributed by atoms with E-state index in [2.05, 4.69) is 0 Å². The summed E-state index contributed by atoms with van der Waals surface area (Å²) >= 11 is 0. The minimum absolute atomic E-state index is 0.0343. The zero-order valence-electron chi connectivity index (χ0n) is 11.3. The average Bonchev–Trinajstić information content (AvgIpc) is 2.39. The van der Waals surface area contributed by atoms with E-state index in [1.54, 1.807) is 26.2 Å². The van der Waals surface area contributed by atoms with E-state index in [-0.39, 0.29) is 17.4 Å². The molecule has 5 heteroatoms. The van der Waals surface area contributed by atoms with E-state index in [1.807, 2.05) is 18.2 Å². The second-order valence-corrected chi connectivity index (χ2v) is 6.05. The molecule has 1 rings (SSSR count). The van der Waals surface area contributed by atoms with E-state index < -0.39 is 10.8 Å². The lowest BCUT2D eigenvalue weighted by Crippen LogP contribution is -2.27. The summed E-state index contributed by atoms with van der Waals surface area (Å²) in [6.07, 6.45) is 0.910. The maximum absolute atomic E-state index is 11.8. The van der Waals surface area contributed by atoms with E-state index in [1.165, 1.54) is 4.90 Å². The third-order valence-corrected chi connectivity index (χ3v) is 3.97. The van der Waals surface area contributed by atoms with Crippen LogP contribution in [0.15, 0.2) is 30.3 Å². The van der Waals surface area contributed by atoms with Gasteiger partial charge in [0.25, 0.3) is 0 Å². The van der Waals surface area contributed by atoms with E-state index in [9.17, 15) is 13.8 Å². The summed E-state index contributed by atoms with van der Waals surface area (Å²) in [5.41, 5.74) is 0.678. The second-order valence-electron chi connectivity index (χ2n) is 4.47. The van der Waals surface area contributed by atoms with Crippen molar-refractivity contribution in [1.29, 1.82) is 0 Å². The van der Waals surface area contributed by atoms with Gasteiger partial charge in [-0.15, -0.1) is 0 Å². The molecular weight excluding hydrogens is 262 g/mol. The number of carbonyl (C=O) groups is 2. The summed E-state index contributed by atoms with van der Waals surface area (Å²) in [6.45, 7) is 0. The highest BCUT2D eigenvalue weighted by molar-refractivity contribution is 7.85. The highest BCUT2D eigenvalue weighted by Gasteiger charge is 2.11. The van der Waals surface area contributed by atoms with Crippen LogP contribution < -0.4 is 0 Å². The Kier molecular flexibility index (Phi) is 6.42. The van der Waals surface area contributed by atoms with Gasteiger partial charge in [-0.1, -0.05) is 30.3 Å². The van der Waals surface area contributed by atoms with Gasteiger partial charge in [-0.3, -0.25) is 13.8 Å². The van der Waals surface area contributed by atoms with Gasteiger partial charge >= 0.3 is 0 Å². The van der Waals surface area contributed by atoms with Crippen LogP contribution in [0.1, 0.15) is 23.2 Å². The van der Waals surface area contributed by atoms with Gasteiger partial charge in [-0.25, -0.2) is 0 Å². The van der Waals surface area contributed by atoms with Gasteiger partial charge in [0, 0.05) is 42.6 Å². The van der Waals surface area contributed by atoms with Crippen molar-refractivity contribution in [2.45, 2.75) is 12.8 Å². The van der Waals surface area contributed by atoms with Crippen LogP contribution in [0.25, 0.3) is 0 Å². The molecule has 0 saturated heterocycles. The van der Waals surface area contributed by atoms with Crippen molar-refractivity contribution in [3.63, 3.8) is 0 Å². The lowest BCUT2D eigenvalue weighted by molar-refractivity contribution is -0.125. The van der Waals surface area contributed by atoms with Gasteiger partial charge in [0.2, 0.25) is 5.91 Å². The number of rotatable bonds is 7. The van der Waals surface area contributed by atoms with Crippen LogP contribution in [0.2, 0.25) is 0 Å². The lowest BCUT2D eigenvalue weighted by Gasteiger charge is -2.09. The predicted molar refractivity (Wildman–Crippen MR) is 76.6 cm³/mol. The third kappa shape index (κ3) is 5.79. The molecule has 1 unspecified atom stereocenters. The van der Waals surface area contributed by atoms with E-state index >= 15 is 0 Å². The number of carbonyl (C=O) groups excluding carboxylic acids is 2. The molecule has 1 amide bonds. The summed E-state index contributed by atoms with van der Waals surface area (Å²) in [4.78, 5) is 24.5. The van der Waals surface area contributed by atoms with Crippen molar-refractivity contribution in [2.75, 3.05) is 25.6 Å². The van der Waals surface area contributed by atoms with Crippen LogP contribution in [-0.4, -0.2) is 46.4 Å². The van der Waals surface area contributed by atoms with Crippen LogP contribution in [-0.2, 0) is 15.6 Å². The Balaban J connectivity index is 2.29. The van der Waals surface area contributed by atoms with Crippen molar-refractivity contribution in [3.8, 4) is 0 Å². The molecule has 0 N–H and O–H groups in total. The fourth-order valence-corrected chi connectivity index (χ4v) is 2.65. The highest BCUT2D eigenvalue weighted by Crippen LogP contribution is 2.05. The molecule has 0 saturated carbocycles. The molecule has 1 aromatic rings. The van der Waals surface area contributed by atoms with Gasteiger partial charge in [0.15, 0.2) is 5.78 Å². The van der Waals surface area contributed by atoms with Crippen LogP contribution in [0.5, 0.6) is 0 Å². The Bertz CT molecular complexity index is 457. The van der Waals surface area contributed by atoms with Gasteiger partial charge < -0.3 is 4.90 Å². The molecule has 0 spiro atoms. The molecule has 4 nitrogen and oxygen atoms in total. The van der Waals surface area contributed by atoms with Crippen LogP contribution >= 0.6 is 0 Å². The zero-order chi connectivity index (χ0) is 14.3. The average molecular weight is 281 g/mol. The summed E-state index contributed by atoms with van der Waals surface area (Å²) in [6, 6.07) is 9.05. The van der Waals surface area contributed by atoms with Crippen molar-refractivity contribution < 1.29 is 13.8 Å². The molecule has 0 radical (unpaired) electrons. The maximum atomic E-state index is 11.8. The number of ketones is 1. The first-order valence-electron chi connectivity index (χ1n) is 6.14.